The average Bonchev–Trinajstić information content (AvgIpc) is 3.06. The van der Waals surface area contributed by atoms with Gasteiger partial charge in [0.05, 0.1) is 0 Å². The zero-order chi connectivity index (χ0) is 17.6. The Morgan fingerprint density at radius 2 is 1.60 bits per heavy atom. The van der Waals surface area contributed by atoms with E-state index in [1.165, 1.54) is 33.6 Å². The molecule has 0 fully saturated rings. The molecule has 25 heavy (non-hydrogen) atoms. The van der Waals surface area contributed by atoms with Crippen molar-refractivity contribution in [3.8, 4) is 22.3 Å². The molecule has 2 N–H and O–H groups in total. The second kappa shape index (κ2) is 6.05. The first-order valence-corrected chi connectivity index (χ1v) is 9.13. The van der Waals surface area contributed by atoms with Crippen molar-refractivity contribution in [3.05, 3.63) is 71.0 Å². The van der Waals surface area contributed by atoms with Gasteiger partial charge in [0, 0.05) is 40.6 Å². The Morgan fingerprint density at radius 1 is 0.960 bits per heavy atom. The SMILES string of the molecule is CC1(C)Cc2c(-c3ccccc3)c(-c3ccc(Cl)cc3)c(CN)n2C1. The predicted octanol–water partition coefficient (Wildman–Crippen LogP) is 5.52. The topological polar surface area (TPSA) is 30.9 Å². The van der Waals surface area contributed by atoms with Crippen LogP contribution in [0.25, 0.3) is 22.3 Å². The molecule has 0 aliphatic carbocycles. The molecule has 1 aliphatic heterocycles. The lowest BCUT2D eigenvalue weighted by atomic mass is 9.86. The summed E-state index contributed by atoms with van der Waals surface area (Å²) in [4.78, 5) is 0. The highest BCUT2D eigenvalue weighted by Gasteiger charge is 2.35. The van der Waals surface area contributed by atoms with Crippen LogP contribution in [0, 0.1) is 5.41 Å². The molecule has 4 rings (SSSR count). The van der Waals surface area contributed by atoms with Gasteiger partial charge in [-0.1, -0.05) is 67.9 Å². The van der Waals surface area contributed by atoms with Crippen LogP contribution in [0.4, 0.5) is 0 Å². The van der Waals surface area contributed by atoms with E-state index in [1.54, 1.807) is 0 Å². The van der Waals surface area contributed by atoms with Crippen molar-refractivity contribution < 1.29 is 0 Å². The molecule has 3 heteroatoms. The summed E-state index contributed by atoms with van der Waals surface area (Å²) in [6, 6.07) is 18.8. The van der Waals surface area contributed by atoms with Crippen LogP contribution in [0.3, 0.4) is 0 Å². The maximum absolute atomic E-state index is 6.22. The van der Waals surface area contributed by atoms with Gasteiger partial charge in [0.2, 0.25) is 0 Å². The lowest BCUT2D eigenvalue weighted by molar-refractivity contribution is 0.356. The van der Waals surface area contributed by atoms with E-state index in [1.807, 2.05) is 12.1 Å². The van der Waals surface area contributed by atoms with Crippen LogP contribution in [-0.4, -0.2) is 4.57 Å². The van der Waals surface area contributed by atoms with Gasteiger partial charge < -0.3 is 10.3 Å². The molecule has 2 aromatic carbocycles. The summed E-state index contributed by atoms with van der Waals surface area (Å²) >= 11 is 6.11. The molecule has 1 aliphatic rings. The van der Waals surface area contributed by atoms with Gasteiger partial charge in [0.15, 0.2) is 0 Å². The van der Waals surface area contributed by atoms with E-state index in [4.69, 9.17) is 17.3 Å². The van der Waals surface area contributed by atoms with Gasteiger partial charge in [-0.2, -0.15) is 0 Å². The molecule has 0 radical (unpaired) electrons. The number of benzene rings is 2. The fourth-order valence-corrected chi connectivity index (χ4v) is 4.21. The summed E-state index contributed by atoms with van der Waals surface area (Å²) in [6.45, 7) is 6.21. The molecular weight excluding hydrogens is 328 g/mol. The highest BCUT2D eigenvalue weighted by molar-refractivity contribution is 6.30. The first-order chi connectivity index (χ1) is 12.0. The molecule has 0 bridgehead atoms. The number of aromatic nitrogens is 1. The zero-order valence-corrected chi connectivity index (χ0v) is 15.5. The van der Waals surface area contributed by atoms with E-state index < -0.39 is 0 Å². The molecule has 0 saturated carbocycles. The molecule has 2 nitrogen and oxygen atoms in total. The van der Waals surface area contributed by atoms with Gasteiger partial charge in [0.1, 0.15) is 0 Å². The predicted molar refractivity (Wildman–Crippen MR) is 106 cm³/mol. The Bertz CT molecular complexity index is 905. The number of rotatable bonds is 3. The van der Waals surface area contributed by atoms with Crippen molar-refractivity contribution in [2.45, 2.75) is 33.4 Å². The number of fused-ring (bicyclic) bond motifs is 1. The first-order valence-electron chi connectivity index (χ1n) is 8.76. The molecule has 0 saturated heterocycles. The number of nitrogens with zero attached hydrogens (tertiary/aromatic N) is 1. The summed E-state index contributed by atoms with van der Waals surface area (Å²) in [6.07, 6.45) is 1.07. The van der Waals surface area contributed by atoms with Crippen LogP contribution in [0.5, 0.6) is 0 Å². The van der Waals surface area contributed by atoms with E-state index in [9.17, 15) is 0 Å². The minimum Gasteiger partial charge on any atom is -0.346 e. The molecule has 128 valence electrons. The maximum Gasteiger partial charge on any atom is 0.0406 e. The molecule has 0 amide bonds. The van der Waals surface area contributed by atoms with Crippen LogP contribution in [0.1, 0.15) is 25.2 Å². The van der Waals surface area contributed by atoms with Gasteiger partial charge in [-0.3, -0.25) is 0 Å². The van der Waals surface area contributed by atoms with Crippen molar-refractivity contribution in [1.82, 2.24) is 4.57 Å². The lowest BCUT2D eigenvalue weighted by Crippen LogP contribution is -2.15. The minimum absolute atomic E-state index is 0.265. The molecule has 2 heterocycles. The normalized spacial score (nSPS) is 15.4. The Labute approximate surface area is 154 Å². The second-order valence-corrected chi connectivity index (χ2v) is 8.08. The second-order valence-electron chi connectivity index (χ2n) is 7.65. The Kier molecular flexibility index (Phi) is 3.98. The van der Waals surface area contributed by atoms with E-state index in [0.717, 1.165) is 18.0 Å². The molecule has 3 aromatic rings. The van der Waals surface area contributed by atoms with Crippen LogP contribution in [0.15, 0.2) is 54.6 Å². The van der Waals surface area contributed by atoms with Crippen molar-refractivity contribution >= 4 is 11.6 Å². The van der Waals surface area contributed by atoms with Crippen LogP contribution < -0.4 is 5.73 Å². The highest BCUT2D eigenvalue weighted by Crippen LogP contribution is 2.46. The van der Waals surface area contributed by atoms with Gasteiger partial charge >= 0.3 is 0 Å². The standard InChI is InChI=1S/C22H23ClN2/c1-22(2)12-18-20(15-6-4-3-5-7-15)21(19(13-24)25(18)14-22)16-8-10-17(23)11-9-16/h3-11H,12-14,24H2,1-2H3. The van der Waals surface area contributed by atoms with Crippen molar-refractivity contribution in [1.29, 1.82) is 0 Å². The van der Waals surface area contributed by atoms with Gasteiger partial charge in [-0.05, 0) is 35.1 Å². The largest absolute Gasteiger partial charge is 0.346 e. The number of halogens is 1. The third kappa shape index (κ3) is 2.80. The fourth-order valence-electron chi connectivity index (χ4n) is 4.09. The maximum atomic E-state index is 6.22. The summed E-state index contributed by atoms with van der Waals surface area (Å²) in [7, 11) is 0. The summed E-state index contributed by atoms with van der Waals surface area (Å²) in [5, 5.41) is 0.757. The summed E-state index contributed by atoms with van der Waals surface area (Å²) < 4.78 is 2.45. The van der Waals surface area contributed by atoms with E-state index in [-0.39, 0.29) is 5.41 Å². The van der Waals surface area contributed by atoms with E-state index in [2.05, 4.69) is 60.9 Å². The molecule has 0 atom stereocenters. The average molecular weight is 351 g/mol. The number of hydrogen-bond acceptors (Lipinski definition) is 1. The molecular formula is C22H23ClN2. The molecule has 0 unspecified atom stereocenters. The quantitative estimate of drug-likeness (QED) is 0.662. The van der Waals surface area contributed by atoms with Gasteiger partial charge in [-0.25, -0.2) is 0 Å². The van der Waals surface area contributed by atoms with E-state index in [0.29, 0.717) is 6.54 Å². The van der Waals surface area contributed by atoms with Crippen molar-refractivity contribution in [3.63, 3.8) is 0 Å². The Morgan fingerprint density at radius 3 is 2.24 bits per heavy atom. The van der Waals surface area contributed by atoms with Crippen LogP contribution in [-0.2, 0) is 19.5 Å². The smallest absolute Gasteiger partial charge is 0.0406 e. The number of hydrogen-bond donors (Lipinski definition) is 1. The molecule has 0 spiro atoms. The highest BCUT2D eigenvalue weighted by atomic mass is 35.5. The fraction of sp³-hybridized carbons (Fsp3) is 0.273. The van der Waals surface area contributed by atoms with Gasteiger partial charge in [-0.15, -0.1) is 0 Å². The lowest BCUT2D eigenvalue weighted by Gasteiger charge is -2.18. The summed E-state index contributed by atoms with van der Waals surface area (Å²) in [5.74, 6) is 0. The van der Waals surface area contributed by atoms with E-state index >= 15 is 0 Å². The third-order valence-corrected chi connectivity index (χ3v) is 5.35. The number of nitrogens with two attached hydrogens (primary N) is 1. The van der Waals surface area contributed by atoms with Gasteiger partial charge in [0.25, 0.3) is 0 Å². The van der Waals surface area contributed by atoms with Crippen LogP contribution in [0.2, 0.25) is 5.02 Å². The summed E-state index contributed by atoms with van der Waals surface area (Å²) in [5.41, 5.74) is 14.1. The molecule has 1 aromatic heterocycles. The van der Waals surface area contributed by atoms with Crippen molar-refractivity contribution in [2.24, 2.45) is 11.1 Å². The van der Waals surface area contributed by atoms with Crippen LogP contribution >= 0.6 is 11.6 Å². The monoisotopic (exact) mass is 350 g/mol. The zero-order valence-electron chi connectivity index (χ0n) is 14.7. The minimum atomic E-state index is 0.265. The Balaban J connectivity index is 2.02. The first kappa shape index (κ1) is 16.4. The van der Waals surface area contributed by atoms with Crippen molar-refractivity contribution in [2.75, 3.05) is 0 Å². The third-order valence-electron chi connectivity index (χ3n) is 5.10. The Hall–Kier alpha value is -2.03.